The minimum absolute atomic E-state index is 0.00988. The van der Waals surface area contributed by atoms with E-state index in [4.69, 9.17) is 18.8 Å². The summed E-state index contributed by atoms with van der Waals surface area (Å²) in [5, 5.41) is 8.55. The monoisotopic (exact) mass is 557 g/mol. The van der Waals surface area contributed by atoms with Crippen molar-refractivity contribution >= 4 is 11.6 Å². The van der Waals surface area contributed by atoms with Crippen LogP contribution in [0.2, 0.25) is 0 Å². The number of carbonyl (C=O) groups is 1. The Morgan fingerprint density at radius 1 is 0.854 bits per heavy atom. The zero-order valence-electron chi connectivity index (χ0n) is 23.7. The van der Waals surface area contributed by atoms with Crippen molar-refractivity contribution in [2.75, 3.05) is 24.7 Å². The number of carbonyl (C=O) groups excluding carboxylic acids is 1. The van der Waals surface area contributed by atoms with Gasteiger partial charge in [-0.2, -0.15) is 9.97 Å². The van der Waals surface area contributed by atoms with Gasteiger partial charge in [0, 0.05) is 54.7 Å². The number of fused-ring (bicyclic) bond motifs is 3. The molecule has 1 aromatic carbocycles. The van der Waals surface area contributed by atoms with Gasteiger partial charge in [-0.15, -0.1) is 0 Å². The van der Waals surface area contributed by atoms with E-state index >= 15 is 0 Å². The molecule has 5 saturated carbocycles. The highest BCUT2D eigenvalue weighted by molar-refractivity contribution is 5.94. The van der Waals surface area contributed by atoms with E-state index in [-0.39, 0.29) is 16.7 Å². The number of anilines is 1. The minimum Gasteiger partial charge on any atom is -0.381 e. The lowest BCUT2D eigenvalue weighted by Gasteiger charge is -2.53. The highest BCUT2D eigenvalue weighted by Gasteiger charge is 2.53. The fourth-order valence-electron chi connectivity index (χ4n) is 7.41. The molecule has 0 N–H and O–H groups in total. The summed E-state index contributed by atoms with van der Waals surface area (Å²) in [5.74, 6) is 4.63. The molecule has 2 aromatic heterocycles. The second-order valence-corrected chi connectivity index (χ2v) is 13.5. The summed E-state index contributed by atoms with van der Waals surface area (Å²) >= 11 is 0. The first-order valence-electron chi connectivity index (χ1n) is 15.7. The van der Waals surface area contributed by atoms with Crippen LogP contribution in [0.15, 0.2) is 33.3 Å². The molecule has 6 aliphatic rings. The van der Waals surface area contributed by atoms with Crippen molar-refractivity contribution in [2.24, 2.45) is 11.3 Å². The van der Waals surface area contributed by atoms with Crippen LogP contribution in [-0.2, 0) is 14.9 Å². The minimum atomic E-state index is 0.00988. The molecule has 0 radical (unpaired) electrons. The van der Waals surface area contributed by atoms with Crippen molar-refractivity contribution in [3.63, 3.8) is 0 Å². The van der Waals surface area contributed by atoms with E-state index in [1.54, 1.807) is 0 Å². The first-order valence-corrected chi connectivity index (χ1v) is 15.7. The largest absolute Gasteiger partial charge is 0.381 e. The lowest BCUT2D eigenvalue weighted by Crippen LogP contribution is -2.51. The summed E-state index contributed by atoms with van der Waals surface area (Å²) in [6.07, 6.45) is 13.5. The third kappa shape index (κ3) is 5.00. The number of amides is 1. The van der Waals surface area contributed by atoms with Gasteiger partial charge < -0.3 is 18.7 Å². The SMILES string of the molecule is O=C(CC1CCOCC1)N(CC12CCC(c3nc(C4CC4)no3)(CC1)CC2)c1cccc(-c2nc(C3CC3)no2)c1. The third-order valence-electron chi connectivity index (χ3n) is 10.6. The van der Waals surface area contributed by atoms with Gasteiger partial charge >= 0.3 is 0 Å². The Morgan fingerprint density at radius 2 is 1.54 bits per heavy atom. The number of hydrogen-bond acceptors (Lipinski definition) is 8. The quantitative estimate of drug-likeness (QED) is 0.301. The van der Waals surface area contributed by atoms with Gasteiger partial charge in [-0.25, -0.2) is 0 Å². The Labute approximate surface area is 240 Å². The van der Waals surface area contributed by atoms with E-state index < -0.39 is 0 Å². The van der Waals surface area contributed by atoms with Gasteiger partial charge in [0.2, 0.25) is 11.8 Å². The smallest absolute Gasteiger partial charge is 0.258 e. The molecular weight excluding hydrogens is 518 g/mol. The average molecular weight is 558 g/mol. The van der Waals surface area contributed by atoms with Gasteiger partial charge in [0.05, 0.1) is 0 Å². The highest BCUT2D eigenvalue weighted by Crippen LogP contribution is 2.58. The lowest BCUT2D eigenvalue weighted by molar-refractivity contribution is -0.121. The standard InChI is InChI=1S/C32H39N5O4/c38-26(18-21-8-16-39-17-9-21)37(25-3-1-2-24(19-25)29-33-27(35-40-29)22-4-5-22)20-31-10-13-32(14-11-31,15-12-31)30-34-28(36-41-30)23-6-7-23/h1-3,19,21-23H,4-18,20H2. The molecule has 1 amide bonds. The molecule has 9 nitrogen and oxygen atoms in total. The summed E-state index contributed by atoms with van der Waals surface area (Å²) in [6, 6.07) is 8.14. The molecule has 3 aromatic rings. The summed E-state index contributed by atoms with van der Waals surface area (Å²) in [7, 11) is 0. The fraction of sp³-hybridized carbons (Fsp3) is 0.656. The van der Waals surface area contributed by atoms with Crippen LogP contribution in [0.5, 0.6) is 0 Å². The molecule has 1 saturated heterocycles. The molecule has 5 aliphatic carbocycles. The predicted molar refractivity (Wildman–Crippen MR) is 150 cm³/mol. The van der Waals surface area contributed by atoms with Gasteiger partial charge in [-0.3, -0.25) is 4.79 Å². The highest BCUT2D eigenvalue weighted by atomic mass is 16.5. The Bertz CT molecular complexity index is 1390. The van der Waals surface area contributed by atoms with E-state index in [9.17, 15) is 4.79 Å². The lowest BCUT2D eigenvalue weighted by atomic mass is 9.53. The van der Waals surface area contributed by atoms with Gasteiger partial charge in [-0.1, -0.05) is 16.4 Å². The molecule has 0 unspecified atom stereocenters. The van der Waals surface area contributed by atoms with Crippen molar-refractivity contribution in [3.05, 3.63) is 41.8 Å². The fourth-order valence-corrected chi connectivity index (χ4v) is 7.41. The third-order valence-corrected chi connectivity index (χ3v) is 10.6. The maximum Gasteiger partial charge on any atom is 0.258 e. The van der Waals surface area contributed by atoms with Crippen molar-refractivity contribution in [3.8, 4) is 11.5 Å². The van der Waals surface area contributed by atoms with E-state index in [2.05, 4.69) is 32.3 Å². The molecule has 1 aliphatic heterocycles. The van der Waals surface area contributed by atoms with Crippen molar-refractivity contribution in [1.82, 2.24) is 20.3 Å². The predicted octanol–water partition coefficient (Wildman–Crippen LogP) is 6.32. The Hall–Kier alpha value is -3.07. The molecule has 3 heterocycles. The van der Waals surface area contributed by atoms with Crippen LogP contribution in [0, 0.1) is 11.3 Å². The summed E-state index contributed by atoms with van der Waals surface area (Å²) in [6.45, 7) is 2.24. The normalized spacial score (nSPS) is 28.2. The van der Waals surface area contributed by atoms with Crippen LogP contribution in [0.3, 0.4) is 0 Å². The molecule has 0 spiro atoms. The Morgan fingerprint density at radius 3 is 2.24 bits per heavy atom. The molecular formula is C32H39N5O4. The molecule has 0 atom stereocenters. The Kier molecular flexibility index (Phi) is 6.27. The van der Waals surface area contributed by atoms with Crippen molar-refractivity contribution in [2.45, 2.75) is 101 Å². The molecule has 6 fully saturated rings. The zero-order chi connectivity index (χ0) is 27.4. The molecule has 216 valence electrons. The first kappa shape index (κ1) is 25.6. The number of nitrogens with zero attached hydrogens (tertiary/aromatic N) is 5. The van der Waals surface area contributed by atoms with Crippen LogP contribution < -0.4 is 4.90 Å². The number of ether oxygens (including phenoxy) is 1. The maximum atomic E-state index is 14.1. The van der Waals surface area contributed by atoms with Crippen molar-refractivity contribution in [1.29, 1.82) is 0 Å². The Balaban J connectivity index is 1.04. The number of rotatable bonds is 9. The molecule has 9 rings (SSSR count). The van der Waals surface area contributed by atoms with E-state index in [1.165, 1.54) is 12.8 Å². The van der Waals surface area contributed by atoms with Gasteiger partial charge in [0.15, 0.2) is 11.6 Å². The number of benzene rings is 1. The summed E-state index contributed by atoms with van der Waals surface area (Å²) < 4.78 is 17.1. The van der Waals surface area contributed by atoms with Crippen LogP contribution in [-0.4, -0.2) is 45.9 Å². The second-order valence-electron chi connectivity index (χ2n) is 13.5. The zero-order valence-corrected chi connectivity index (χ0v) is 23.7. The van der Waals surface area contributed by atoms with Crippen LogP contribution in [0.4, 0.5) is 5.69 Å². The van der Waals surface area contributed by atoms with E-state index in [1.807, 2.05) is 12.1 Å². The van der Waals surface area contributed by atoms with Crippen LogP contribution in [0.1, 0.15) is 113 Å². The summed E-state index contributed by atoms with van der Waals surface area (Å²) in [4.78, 5) is 25.7. The molecule has 9 heteroatoms. The van der Waals surface area contributed by atoms with Gasteiger partial charge in [-0.05, 0) is 107 Å². The number of aromatic nitrogens is 4. The molecule has 41 heavy (non-hydrogen) atoms. The van der Waals surface area contributed by atoms with Gasteiger partial charge in [0.25, 0.3) is 5.89 Å². The average Bonchev–Trinajstić information content (AvgIpc) is 3.96. The topological polar surface area (TPSA) is 107 Å². The van der Waals surface area contributed by atoms with Gasteiger partial charge in [0.1, 0.15) is 0 Å². The first-order chi connectivity index (χ1) is 20.1. The van der Waals surface area contributed by atoms with Crippen molar-refractivity contribution < 1.29 is 18.6 Å². The summed E-state index contributed by atoms with van der Waals surface area (Å²) in [5.41, 5.74) is 1.91. The number of hydrogen-bond donors (Lipinski definition) is 0. The van der Waals surface area contributed by atoms with E-state index in [0.29, 0.717) is 30.1 Å². The second kappa shape index (κ2) is 10.0. The maximum absolute atomic E-state index is 14.1. The molecule has 2 bridgehead atoms. The van der Waals surface area contributed by atoms with E-state index in [0.717, 1.165) is 113 Å². The van der Waals surface area contributed by atoms with Crippen LogP contribution >= 0.6 is 0 Å². The van der Waals surface area contributed by atoms with Crippen LogP contribution in [0.25, 0.3) is 11.5 Å².